The maximum atomic E-state index is 12.2. The molecule has 0 aromatic heterocycles. The number of rotatable bonds is 7. The zero-order valence-corrected chi connectivity index (χ0v) is 12.7. The van der Waals surface area contributed by atoms with Gasteiger partial charge in [0.1, 0.15) is 5.75 Å². The summed E-state index contributed by atoms with van der Waals surface area (Å²) in [6.45, 7) is 0.267. The van der Waals surface area contributed by atoms with Crippen LogP contribution in [0.2, 0.25) is 0 Å². The van der Waals surface area contributed by atoms with Crippen molar-refractivity contribution in [1.82, 2.24) is 5.32 Å². The van der Waals surface area contributed by atoms with Crippen LogP contribution < -0.4 is 10.1 Å². The van der Waals surface area contributed by atoms with Gasteiger partial charge >= 0.3 is 6.61 Å². The maximum absolute atomic E-state index is 12.2. The van der Waals surface area contributed by atoms with E-state index in [-0.39, 0.29) is 11.8 Å². The summed E-state index contributed by atoms with van der Waals surface area (Å²) < 4.78 is 28.9. The van der Waals surface area contributed by atoms with E-state index in [1.165, 1.54) is 38.5 Å². The normalized spacial score (nSPS) is 17.9. The molecule has 1 aromatic carbocycles. The molecular formula is C17H25F2NO. The molecule has 1 fully saturated rings. The van der Waals surface area contributed by atoms with Crippen molar-refractivity contribution in [3.8, 4) is 5.75 Å². The molecule has 0 bridgehead atoms. The molecule has 0 amide bonds. The Labute approximate surface area is 125 Å². The number of alkyl halides is 2. The lowest BCUT2D eigenvalue weighted by atomic mass is 9.87. The summed E-state index contributed by atoms with van der Waals surface area (Å²) >= 11 is 0. The van der Waals surface area contributed by atoms with Crippen LogP contribution in [0, 0.1) is 5.92 Å². The van der Waals surface area contributed by atoms with Crippen molar-refractivity contribution >= 4 is 0 Å². The molecule has 4 heteroatoms. The van der Waals surface area contributed by atoms with Gasteiger partial charge in [-0.3, -0.25) is 0 Å². The van der Waals surface area contributed by atoms with E-state index >= 15 is 0 Å². The lowest BCUT2D eigenvalue weighted by Gasteiger charge is -2.23. The zero-order chi connectivity index (χ0) is 15.1. The van der Waals surface area contributed by atoms with E-state index < -0.39 is 6.61 Å². The molecule has 0 saturated heterocycles. The van der Waals surface area contributed by atoms with E-state index in [9.17, 15) is 8.78 Å². The van der Waals surface area contributed by atoms with E-state index in [1.807, 2.05) is 6.07 Å². The predicted octanol–water partition coefficient (Wildman–Crippen LogP) is 4.91. The second-order valence-electron chi connectivity index (χ2n) is 5.92. The quantitative estimate of drug-likeness (QED) is 0.772. The van der Waals surface area contributed by atoms with Gasteiger partial charge < -0.3 is 10.1 Å². The van der Waals surface area contributed by atoms with E-state index in [0.29, 0.717) is 0 Å². The monoisotopic (exact) mass is 297 g/mol. The molecule has 1 atom stereocenters. The van der Waals surface area contributed by atoms with Crippen molar-refractivity contribution < 1.29 is 13.5 Å². The summed E-state index contributed by atoms with van der Waals surface area (Å²) in [6.07, 6.45) is 8.04. The molecule has 1 saturated carbocycles. The van der Waals surface area contributed by atoms with E-state index in [0.717, 1.165) is 18.0 Å². The van der Waals surface area contributed by atoms with Crippen LogP contribution in [0.1, 0.15) is 57.1 Å². The standard InChI is InChI=1S/C17H25F2NO/c1-13(20-11-10-14-6-3-2-4-7-14)15-8-5-9-16(12-15)21-17(18)19/h5,8-9,12-14,17,20H,2-4,6-7,10-11H2,1H3. The Morgan fingerprint density at radius 2 is 2.00 bits per heavy atom. The summed E-state index contributed by atoms with van der Waals surface area (Å²) in [5.74, 6) is 1.08. The van der Waals surface area contributed by atoms with Crippen molar-refractivity contribution in [3.63, 3.8) is 0 Å². The molecule has 1 aromatic rings. The first-order valence-corrected chi connectivity index (χ1v) is 7.93. The van der Waals surface area contributed by atoms with Crippen molar-refractivity contribution in [2.75, 3.05) is 6.54 Å². The second kappa shape index (κ2) is 8.32. The summed E-state index contributed by atoms with van der Waals surface area (Å²) in [5.41, 5.74) is 0.983. The summed E-state index contributed by atoms with van der Waals surface area (Å²) in [4.78, 5) is 0. The van der Waals surface area contributed by atoms with Gasteiger partial charge in [0.05, 0.1) is 0 Å². The first-order valence-electron chi connectivity index (χ1n) is 7.93. The number of benzene rings is 1. The Kier molecular flexibility index (Phi) is 6.43. The highest BCUT2D eigenvalue weighted by atomic mass is 19.3. The zero-order valence-electron chi connectivity index (χ0n) is 12.7. The number of ether oxygens (including phenoxy) is 1. The predicted molar refractivity (Wildman–Crippen MR) is 80.7 cm³/mol. The minimum Gasteiger partial charge on any atom is -0.435 e. The van der Waals surface area contributed by atoms with Gasteiger partial charge in [-0.15, -0.1) is 0 Å². The SMILES string of the molecule is CC(NCCC1CCCCC1)c1cccc(OC(F)F)c1. The van der Waals surface area contributed by atoms with Crippen LogP contribution in [0.3, 0.4) is 0 Å². The molecule has 1 aliphatic carbocycles. The molecule has 0 heterocycles. The van der Waals surface area contributed by atoms with Crippen LogP contribution in [-0.4, -0.2) is 13.2 Å². The average Bonchev–Trinajstić information content (AvgIpc) is 2.48. The van der Waals surface area contributed by atoms with Crippen LogP contribution in [0.25, 0.3) is 0 Å². The van der Waals surface area contributed by atoms with Crippen LogP contribution in [0.15, 0.2) is 24.3 Å². The van der Waals surface area contributed by atoms with E-state index in [2.05, 4.69) is 17.0 Å². The smallest absolute Gasteiger partial charge is 0.387 e. The first kappa shape index (κ1) is 16.2. The Hall–Kier alpha value is -1.16. The highest BCUT2D eigenvalue weighted by Crippen LogP contribution is 2.26. The van der Waals surface area contributed by atoms with Gasteiger partial charge in [0.15, 0.2) is 0 Å². The van der Waals surface area contributed by atoms with Crippen molar-refractivity contribution in [3.05, 3.63) is 29.8 Å². The largest absolute Gasteiger partial charge is 0.435 e. The highest BCUT2D eigenvalue weighted by Gasteiger charge is 2.14. The maximum Gasteiger partial charge on any atom is 0.387 e. The first-order chi connectivity index (χ1) is 10.1. The van der Waals surface area contributed by atoms with Crippen molar-refractivity contribution in [2.24, 2.45) is 5.92 Å². The molecule has 2 nitrogen and oxygen atoms in total. The minimum atomic E-state index is -2.77. The van der Waals surface area contributed by atoms with Gasteiger partial charge in [0.25, 0.3) is 0 Å². The van der Waals surface area contributed by atoms with Crippen LogP contribution in [0.5, 0.6) is 5.75 Å². The average molecular weight is 297 g/mol. The molecule has 21 heavy (non-hydrogen) atoms. The van der Waals surface area contributed by atoms with Crippen LogP contribution in [-0.2, 0) is 0 Å². The van der Waals surface area contributed by atoms with Crippen molar-refractivity contribution in [2.45, 2.75) is 58.1 Å². The third-order valence-electron chi connectivity index (χ3n) is 4.31. The summed E-state index contributed by atoms with van der Waals surface area (Å²) in [6, 6.07) is 7.09. The van der Waals surface area contributed by atoms with E-state index in [4.69, 9.17) is 0 Å². The molecule has 1 aliphatic rings. The molecule has 1 N–H and O–H groups in total. The van der Waals surface area contributed by atoms with Gasteiger partial charge in [-0.1, -0.05) is 44.2 Å². The molecule has 0 aliphatic heterocycles. The van der Waals surface area contributed by atoms with Crippen LogP contribution >= 0.6 is 0 Å². The lowest BCUT2D eigenvalue weighted by molar-refractivity contribution is -0.0499. The van der Waals surface area contributed by atoms with Gasteiger partial charge in [-0.2, -0.15) is 8.78 Å². The summed E-state index contributed by atoms with van der Waals surface area (Å²) in [7, 11) is 0. The van der Waals surface area contributed by atoms with Gasteiger partial charge in [-0.05, 0) is 43.5 Å². The molecule has 0 spiro atoms. The Bertz CT molecular complexity index is 419. The highest BCUT2D eigenvalue weighted by molar-refractivity contribution is 5.30. The van der Waals surface area contributed by atoms with Gasteiger partial charge in [0.2, 0.25) is 0 Å². The lowest BCUT2D eigenvalue weighted by Crippen LogP contribution is -2.22. The fourth-order valence-corrected chi connectivity index (χ4v) is 3.06. The molecule has 118 valence electrons. The Morgan fingerprint density at radius 3 is 2.71 bits per heavy atom. The Balaban J connectivity index is 1.78. The topological polar surface area (TPSA) is 21.3 Å². The Morgan fingerprint density at radius 1 is 1.24 bits per heavy atom. The van der Waals surface area contributed by atoms with Crippen molar-refractivity contribution in [1.29, 1.82) is 0 Å². The number of hydrogen-bond acceptors (Lipinski definition) is 2. The molecular weight excluding hydrogens is 272 g/mol. The minimum absolute atomic E-state index is 0.148. The molecule has 0 radical (unpaired) electrons. The van der Waals surface area contributed by atoms with E-state index in [1.54, 1.807) is 18.2 Å². The number of nitrogens with one attached hydrogen (secondary N) is 1. The molecule has 1 unspecified atom stereocenters. The fraction of sp³-hybridized carbons (Fsp3) is 0.647. The fourth-order valence-electron chi connectivity index (χ4n) is 3.06. The van der Waals surface area contributed by atoms with Crippen LogP contribution in [0.4, 0.5) is 8.78 Å². The third-order valence-corrected chi connectivity index (χ3v) is 4.31. The summed E-state index contributed by atoms with van der Waals surface area (Å²) in [5, 5.41) is 3.48. The third kappa shape index (κ3) is 5.62. The molecule has 2 rings (SSSR count). The number of halogens is 2. The van der Waals surface area contributed by atoms with Gasteiger partial charge in [0, 0.05) is 6.04 Å². The number of hydrogen-bond donors (Lipinski definition) is 1. The second-order valence-corrected chi connectivity index (χ2v) is 5.92. The van der Waals surface area contributed by atoms with Gasteiger partial charge in [-0.25, -0.2) is 0 Å².